The molecule has 2 N–H and O–H groups in total. The van der Waals surface area contributed by atoms with Crippen molar-refractivity contribution in [1.82, 2.24) is 9.97 Å². The van der Waals surface area contributed by atoms with E-state index >= 15 is 0 Å². The van der Waals surface area contributed by atoms with E-state index in [4.69, 9.17) is 20.7 Å². The van der Waals surface area contributed by atoms with Crippen molar-refractivity contribution < 1.29 is 0 Å². The maximum absolute atomic E-state index is 6.31. The summed E-state index contributed by atoms with van der Waals surface area (Å²) in [7, 11) is 0. The Labute approximate surface area is 332 Å². The number of aromatic nitrogens is 2. The van der Waals surface area contributed by atoms with Gasteiger partial charge in [-0.1, -0.05) is 170 Å². The number of nitrogens with two attached hydrogens (primary N) is 1. The van der Waals surface area contributed by atoms with Crippen LogP contribution in [0.4, 0.5) is 0 Å². The van der Waals surface area contributed by atoms with E-state index in [2.05, 4.69) is 179 Å². The molecule has 0 amide bonds. The summed E-state index contributed by atoms with van der Waals surface area (Å²) >= 11 is 0. The lowest BCUT2D eigenvalue weighted by Gasteiger charge is -2.15. The third-order valence-electron chi connectivity index (χ3n) is 10.2. The first-order valence-corrected chi connectivity index (χ1v) is 19.4. The first-order valence-electron chi connectivity index (χ1n) is 19.4. The van der Waals surface area contributed by atoms with Crippen molar-refractivity contribution in [2.75, 3.05) is 0 Å². The zero-order valence-corrected chi connectivity index (χ0v) is 32.5. The standard InChI is InChI=1S/C52H48N4/c1-37-16-13-14-25-48(37)51-38(2)50(45-22-11-6-12-23-45)55-52(56-51)46-33-31-42(32-34-46)39(3)54-49(47(36-53)24-15-19-40-17-7-4-8-18-40)35-28-41-26-29-44(30-27-41)43-20-9-5-10-21-43/h5-7,9-18,20-27,29-36H,4,8,19,28,53H2,1-3H3/b24-15-,47-36+,49-35-,54-39?. The lowest BCUT2D eigenvalue weighted by Crippen LogP contribution is -2.02. The molecule has 0 bridgehead atoms. The van der Waals surface area contributed by atoms with Gasteiger partial charge in [-0.3, -0.25) is 4.99 Å². The van der Waals surface area contributed by atoms with Crippen LogP contribution >= 0.6 is 0 Å². The van der Waals surface area contributed by atoms with Gasteiger partial charge >= 0.3 is 0 Å². The van der Waals surface area contributed by atoms with E-state index in [0.29, 0.717) is 5.82 Å². The highest BCUT2D eigenvalue weighted by molar-refractivity contribution is 6.00. The Balaban J connectivity index is 1.20. The van der Waals surface area contributed by atoms with Crippen molar-refractivity contribution in [3.8, 4) is 45.0 Å². The van der Waals surface area contributed by atoms with Crippen LogP contribution in [0.15, 0.2) is 198 Å². The van der Waals surface area contributed by atoms with Crippen molar-refractivity contribution in [2.24, 2.45) is 10.7 Å². The number of rotatable bonds is 12. The number of hydrogen-bond donors (Lipinski definition) is 1. The summed E-state index contributed by atoms with van der Waals surface area (Å²) in [6.45, 7) is 6.30. The van der Waals surface area contributed by atoms with E-state index in [-0.39, 0.29) is 0 Å². The molecular formula is C52H48N4. The van der Waals surface area contributed by atoms with Crippen molar-refractivity contribution in [2.45, 2.75) is 46.5 Å². The Morgan fingerprint density at radius 3 is 2.00 bits per heavy atom. The van der Waals surface area contributed by atoms with Gasteiger partial charge in [0.25, 0.3) is 0 Å². The molecule has 0 atom stereocenters. The van der Waals surface area contributed by atoms with Crippen molar-refractivity contribution in [1.29, 1.82) is 0 Å². The fourth-order valence-corrected chi connectivity index (χ4v) is 7.00. The van der Waals surface area contributed by atoms with Gasteiger partial charge in [0.05, 0.1) is 17.1 Å². The Morgan fingerprint density at radius 1 is 0.679 bits per heavy atom. The van der Waals surface area contributed by atoms with Crippen LogP contribution in [-0.2, 0) is 6.42 Å². The van der Waals surface area contributed by atoms with Gasteiger partial charge in [-0.2, -0.15) is 0 Å². The van der Waals surface area contributed by atoms with Crippen LogP contribution in [0.2, 0.25) is 0 Å². The largest absolute Gasteiger partial charge is 0.404 e. The Bertz CT molecular complexity index is 2460. The molecule has 0 aliphatic heterocycles. The maximum atomic E-state index is 6.31. The van der Waals surface area contributed by atoms with E-state index in [1.165, 1.54) is 27.8 Å². The molecule has 4 nitrogen and oxygen atoms in total. The van der Waals surface area contributed by atoms with Gasteiger partial charge in [-0.05, 0) is 79.8 Å². The molecule has 0 unspecified atom stereocenters. The minimum atomic E-state index is 0.689. The minimum absolute atomic E-state index is 0.689. The molecule has 1 aliphatic rings. The molecule has 276 valence electrons. The van der Waals surface area contributed by atoms with E-state index in [1.54, 1.807) is 6.20 Å². The smallest absolute Gasteiger partial charge is 0.160 e. The molecule has 6 aromatic rings. The summed E-state index contributed by atoms with van der Waals surface area (Å²) in [6, 6.07) is 46.4. The predicted molar refractivity (Wildman–Crippen MR) is 236 cm³/mol. The summed E-state index contributed by atoms with van der Waals surface area (Å²) in [5, 5.41) is 0. The topological polar surface area (TPSA) is 64.2 Å². The van der Waals surface area contributed by atoms with E-state index in [0.717, 1.165) is 81.9 Å². The predicted octanol–water partition coefficient (Wildman–Crippen LogP) is 12.8. The molecule has 1 aliphatic carbocycles. The number of benzene rings is 5. The summed E-state index contributed by atoms with van der Waals surface area (Å²) in [6.07, 6.45) is 18.7. The molecule has 5 aromatic carbocycles. The number of nitrogens with zero attached hydrogens (tertiary/aromatic N) is 3. The molecule has 0 spiro atoms. The molecule has 0 fully saturated rings. The first-order chi connectivity index (χ1) is 27.5. The lowest BCUT2D eigenvalue weighted by atomic mass is 9.98. The third kappa shape index (κ3) is 9.17. The second-order valence-corrected chi connectivity index (χ2v) is 14.2. The summed E-state index contributed by atoms with van der Waals surface area (Å²) in [4.78, 5) is 15.5. The van der Waals surface area contributed by atoms with E-state index in [1.807, 2.05) is 12.1 Å². The van der Waals surface area contributed by atoms with E-state index in [9.17, 15) is 0 Å². The highest BCUT2D eigenvalue weighted by atomic mass is 14.9. The molecule has 56 heavy (non-hydrogen) atoms. The minimum Gasteiger partial charge on any atom is -0.404 e. The number of hydrogen-bond acceptors (Lipinski definition) is 4. The van der Waals surface area contributed by atoms with Crippen molar-refractivity contribution in [3.05, 3.63) is 215 Å². The zero-order valence-electron chi connectivity index (χ0n) is 32.5. The van der Waals surface area contributed by atoms with Crippen LogP contribution in [0.5, 0.6) is 0 Å². The summed E-state index contributed by atoms with van der Waals surface area (Å²) in [5.74, 6) is 0.689. The zero-order chi connectivity index (χ0) is 38.7. The highest BCUT2D eigenvalue weighted by Gasteiger charge is 2.17. The van der Waals surface area contributed by atoms with Gasteiger partial charge in [0, 0.05) is 39.7 Å². The fourth-order valence-electron chi connectivity index (χ4n) is 7.00. The van der Waals surface area contributed by atoms with Crippen LogP contribution in [0.1, 0.15) is 48.4 Å². The van der Waals surface area contributed by atoms with Gasteiger partial charge in [-0.25, -0.2) is 9.97 Å². The maximum Gasteiger partial charge on any atom is 0.160 e. The van der Waals surface area contributed by atoms with Crippen molar-refractivity contribution in [3.63, 3.8) is 0 Å². The molecule has 0 saturated carbocycles. The monoisotopic (exact) mass is 728 g/mol. The third-order valence-corrected chi connectivity index (χ3v) is 10.2. The molecule has 4 heteroatoms. The number of aryl methyl sites for hydroxylation is 1. The van der Waals surface area contributed by atoms with Crippen LogP contribution in [0.25, 0.3) is 45.0 Å². The quantitative estimate of drug-likeness (QED) is 0.101. The average Bonchev–Trinajstić information content (AvgIpc) is 3.25. The fraction of sp³-hybridized carbons (Fsp3) is 0.135. The number of allylic oxidation sites excluding steroid dienone is 7. The second kappa shape index (κ2) is 18.1. The van der Waals surface area contributed by atoms with Crippen molar-refractivity contribution >= 4 is 5.71 Å². The molecule has 7 rings (SSSR count). The van der Waals surface area contributed by atoms with Crippen LogP contribution in [0.3, 0.4) is 0 Å². The van der Waals surface area contributed by atoms with Gasteiger partial charge in [-0.15, -0.1) is 0 Å². The molecular weight excluding hydrogens is 681 g/mol. The normalized spacial score (nSPS) is 13.6. The average molecular weight is 729 g/mol. The Hall–Kier alpha value is -6.65. The van der Waals surface area contributed by atoms with E-state index < -0.39 is 0 Å². The lowest BCUT2D eigenvalue weighted by molar-refractivity contribution is 1.00. The van der Waals surface area contributed by atoms with Crippen LogP contribution in [-0.4, -0.2) is 15.7 Å². The highest BCUT2D eigenvalue weighted by Crippen LogP contribution is 2.33. The molecule has 1 heterocycles. The second-order valence-electron chi connectivity index (χ2n) is 14.2. The van der Waals surface area contributed by atoms with Gasteiger partial charge < -0.3 is 5.73 Å². The molecule has 0 saturated heterocycles. The van der Waals surface area contributed by atoms with Gasteiger partial charge in [0.1, 0.15) is 0 Å². The SMILES string of the molecule is CC(=NC(=C\Cc1ccc(-c2ccccc2)cc1)/C(/C=C\CC1=CCCC=C1)=C/N)c1ccc(-c2nc(-c3ccccc3)c(C)c(-c3ccccc3C)n2)cc1. The number of aliphatic imine (C=N–C) groups is 1. The first kappa shape index (κ1) is 37.7. The Morgan fingerprint density at radius 2 is 1.32 bits per heavy atom. The molecule has 0 radical (unpaired) electrons. The molecule has 1 aromatic heterocycles. The summed E-state index contributed by atoms with van der Waals surface area (Å²) in [5.41, 5.74) is 22.1. The van der Waals surface area contributed by atoms with Crippen LogP contribution < -0.4 is 5.73 Å². The van der Waals surface area contributed by atoms with Gasteiger partial charge in [0.2, 0.25) is 0 Å². The van der Waals surface area contributed by atoms with Gasteiger partial charge in [0.15, 0.2) is 5.82 Å². The van der Waals surface area contributed by atoms with Crippen LogP contribution in [0, 0.1) is 13.8 Å². The Kier molecular flexibility index (Phi) is 12.2. The summed E-state index contributed by atoms with van der Waals surface area (Å²) < 4.78 is 0.